The molecule has 1 aromatic rings. The lowest BCUT2D eigenvalue weighted by Gasteiger charge is -2.42. The van der Waals surface area contributed by atoms with E-state index >= 15 is 0 Å². The lowest BCUT2D eigenvalue weighted by molar-refractivity contribution is 0.102. The fourth-order valence-corrected chi connectivity index (χ4v) is 13.6. The van der Waals surface area contributed by atoms with E-state index in [0.717, 1.165) is 28.7 Å². The predicted octanol–water partition coefficient (Wildman–Crippen LogP) is 6.71. The SMILES string of the molecule is O=C(C[P+](C1CCCC1)(C1CCCC1)C1CCCC1)c1ccccc1. The quantitative estimate of drug-likeness (QED) is 0.408. The fourth-order valence-electron chi connectivity index (χ4n) is 6.40. The third-order valence-corrected chi connectivity index (χ3v) is 14.0. The maximum atomic E-state index is 13.4. The Morgan fingerprint density at radius 2 is 1.12 bits per heavy atom. The zero-order chi connectivity index (χ0) is 17.1. The Morgan fingerprint density at radius 1 is 0.720 bits per heavy atom. The number of rotatable bonds is 6. The van der Waals surface area contributed by atoms with Crippen LogP contribution in [0.2, 0.25) is 0 Å². The monoisotopic (exact) mass is 357 g/mol. The first-order valence-corrected chi connectivity index (χ1v) is 12.9. The third-order valence-electron chi connectivity index (χ3n) is 7.53. The van der Waals surface area contributed by atoms with Crippen molar-refractivity contribution in [2.75, 3.05) is 6.16 Å². The van der Waals surface area contributed by atoms with Crippen LogP contribution in [0.1, 0.15) is 87.4 Å². The van der Waals surface area contributed by atoms with Gasteiger partial charge < -0.3 is 0 Å². The minimum atomic E-state index is -1.21. The summed E-state index contributed by atoms with van der Waals surface area (Å²) in [6, 6.07) is 10.2. The molecule has 0 spiro atoms. The van der Waals surface area contributed by atoms with Crippen LogP contribution in [0.15, 0.2) is 30.3 Å². The summed E-state index contributed by atoms with van der Waals surface area (Å²) in [7, 11) is -1.21. The Labute approximate surface area is 154 Å². The number of Topliss-reactive ketones (excluding diaryl/α,β-unsaturated/α-hetero) is 1. The van der Waals surface area contributed by atoms with Gasteiger partial charge in [-0.25, -0.2) is 0 Å². The highest BCUT2D eigenvalue weighted by Crippen LogP contribution is 2.78. The third kappa shape index (κ3) is 3.46. The highest BCUT2D eigenvalue weighted by molar-refractivity contribution is 7.78. The summed E-state index contributed by atoms with van der Waals surface area (Å²) >= 11 is 0. The Kier molecular flexibility index (Phi) is 5.61. The molecule has 2 heteroatoms. The molecule has 3 aliphatic rings. The second-order valence-corrected chi connectivity index (χ2v) is 13.3. The van der Waals surface area contributed by atoms with Gasteiger partial charge in [0.2, 0.25) is 0 Å². The van der Waals surface area contributed by atoms with Gasteiger partial charge in [-0.15, -0.1) is 0 Å². The van der Waals surface area contributed by atoms with Crippen LogP contribution in [0.3, 0.4) is 0 Å². The summed E-state index contributed by atoms with van der Waals surface area (Å²) in [5.41, 5.74) is 3.74. The van der Waals surface area contributed by atoms with E-state index in [-0.39, 0.29) is 0 Å². The van der Waals surface area contributed by atoms with Crippen molar-refractivity contribution >= 4 is 13.0 Å². The van der Waals surface area contributed by atoms with Crippen LogP contribution < -0.4 is 0 Å². The van der Waals surface area contributed by atoms with E-state index in [9.17, 15) is 4.79 Å². The van der Waals surface area contributed by atoms with Crippen LogP contribution in [0, 0.1) is 0 Å². The molecule has 0 saturated heterocycles. The van der Waals surface area contributed by atoms with Gasteiger partial charge in [-0.05, 0) is 77.0 Å². The highest BCUT2D eigenvalue weighted by atomic mass is 31.2. The van der Waals surface area contributed by atoms with Crippen molar-refractivity contribution in [3.63, 3.8) is 0 Å². The molecule has 0 radical (unpaired) electrons. The summed E-state index contributed by atoms with van der Waals surface area (Å²) in [5.74, 6) is 0.472. The van der Waals surface area contributed by atoms with Crippen molar-refractivity contribution in [2.24, 2.45) is 0 Å². The summed E-state index contributed by atoms with van der Waals surface area (Å²) in [6.07, 6.45) is 18.1. The fraction of sp³-hybridized carbons (Fsp3) is 0.696. The van der Waals surface area contributed by atoms with Gasteiger partial charge in [0, 0.05) is 12.8 Å². The maximum Gasteiger partial charge on any atom is 0.199 e. The Bertz CT molecular complexity index is 522. The second kappa shape index (κ2) is 7.91. The Morgan fingerprint density at radius 3 is 1.52 bits per heavy atom. The lowest BCUT2D eigenvalue weighted by Crippen LogP contribution is -2.33. The first-order valence-electron chi connectivity index (χ1n) is 10.8. The molecule has 0 aromatic heterocycles. The van der Waals surface area contributed by atoms with Gasteiger partial charge in [-0.2, -0.15) is 0 Å². The van der Waals surface area contributed by atoms with Crippen LogP contribution >= 0.6 is 7.26 Å². The molecule has 0 aliphatic heterocycles. The molecule has 136 valence electrons. The second-order valence-electron chi connectivity index (χ2n) is 8.76. The van der Waals surface area contributed by atoms with Crippen LogP contribution in [0.25, 0.3) is 0 Å². The Hall–Kier alpha value is -0.680. The van der Waals surface area contributed by atoms with Crippen molar-refractivity contribution in [3.05, 3.63) is 35.9 Å². The molecule has 3 saturated carbocycles. The van der Waals surface area contributed by atoms with E-state index in [1.165, 1.54) is 77.0 Å². The van der Waals surface area contributed by atoms with Crippen molar-refractivity contribution in [1.82, 2.24) is 0 Å². The van der Waals surface area contributed by atoms with E-state index < -0.39 is 7.26 Å². The molecule has 4 rings (SSSR count). The van der Waals surface area contributed by atoms with E-state index in [1.54, 1.807) is 0 Å². The maximum absolute atomic E-state index is 13.4. The van der Waals surface area contributed by atoms with Gasteiger partial charge >= 0.3 is 0 Å². The van der Waals surface area contributed by atoms with Gasteiger partial charge in [-0.1, -0.05) is 30.3 Å². The minimum absolute atomic E-state index is 0.472. The average Bonchev–Trinajstić information content (AvgIpc) is 3.44. The first kappa shape index (κ1) is 17.7. The molecule has 0 unspecified atom stereocenters. The van der Waals surface area contributed by atoms with Gasteiger partial charge in [0.05, 0.1) is 17.0 Å². The molecule has 0 atom stereocenters. The number of hydrogen-bond donors (Lipinski definition) is 0. The minimum Gasteiger partial charge on any atom is -0.290 e. The summed E-state index contributed by atoms with van der Waals surface area (Å²) in [4.78, 5) is 13.4. The van der Waals surface area contributed by atoms with E-state index in [4.69, 9.17) is 0 Å². The van der Waals surface area contributed by atoms with Crippen LogP contribution in [-0.4, -0.2) is 28.9 Å². The molecule has 0 bridgehead atoms. The van der Waals surface area contributed by atoms with E-state index in [2.05, 4.69) is 12.1 Å². The first-order chi connectivity index (χ1) is 12.3. The van der Waals surface area contributed by atoms with Crippen molar-refractivity contribution in [1.29, 1.82) is 0 Å². The van der Waals surface area contributed by atoms with E-state index in [1.807, 2.05) is 18.2 Å². The molecular weight excluding hydrogens is 323 g/mol. The number of carbonyl (C=O) groups excluding carboxylic acids is 1. The topological polar surface area (TPSA) is 17.1 Å². The summed E-state index contributed by atoms with van der Waals surface area (Å²) < 4.78 is 0. The number of benzene rings is 1. The predicted molar refractivity (Wildman–Crippen MR) is 109 cm³/mol. The molecule has 3 fully saturated rings. The van der Waals surface area contributed by atoms with Crippen LogP contribution in [0.5, 0.6) is 0 Å². The van der Waals surface area contributed by atoms with Gasteiger partial charge in [0.1, 0.15) is 6.16 Å². The average molecular weight is 357 g/mol. The number of ketones is 1. The lowest BCUT2D eigenvalue weighted by atomic mass is 10.2. The van der Waals surface area contributed by atoms with Gasteiger partial charge in [-0.3, -0.25) is 4.79 Å². The zero-order valence-electron chi connectivity index (χ0n) is 15.7. The molecule has 0 heterocycles. The van der Waals surface area contributed by atoms with Crippen molar-refractivity contribution in [2.45, 2.75) is 94.0 Å². The van der Waals surface area contributed by atoms with Crippen molar-refractivity contribution < 1.29 is 4.79 Å². The number of carbonyl (C=O) groups is 1. The summed E-state index contributed by atoms with van der Waals surface area (Å²) in [5, 5.41) is 0. The molecule has 25 heavy (non-hydrogen) atoms. The summed E-state index contributed by atoms with van der Waals surface area (Å²) in [6.45, 7) is 0. The molecule has 1 aromatic carbocycles. The standard InChI is InChI=1S/C23H34OP/c24-23(19-10-2-1-3-11-19)18-25(20-12-4-5-13-20,21-14-6-7-15-21)22-16-8-9-17-22/h1-3,10-11,20-22H,4-9,12-18H2/q+1. The normalized spacial score (nSPS) is 23.5. The zero-order valence-corrected chi connectivity index (χ0v) is 16.6. The number of hydrogen-bond acceptors (Lipinski definition) is 1. The smallest absolute Gasteiger partial charge is 0.199 e. The van der Waals surface area contributed by atoms with Gasteiger partial charge in [0.15, 0.2) is 5.78 Å². The molecule has 0 N–H and O–H groups in total. The largest absolute Gasteiger partial charge is 0.290 e. The van der Waals surface area contributed by atoms with Crippen LogP contribution in [-0.2, 0) is 0 Å². The highest BCUT2D eigenvalue weighted by Gasteiger charge is 2.59. The molecule has 1 nitrogen and oxygen atoms in total. The van der Waals surface area contributed by atoms with Gasteiger partial charge in [0.25, 0.3) is 0 Å². The van der Waals surface area contributed by atoms with Crippen molar-refractivity contribution in [3.8, 4) is 0 Å². The molecule has 0 amide bonds. The molecular formula is C23H34OP+. The van der Waals surface area contributed by atoms with E-state index in [0.29, 0.717) is 5.78 Å². The van der Waals surface area contributed by atoms with Crippen LogP contribution in [0.4, 0.5) is 0 Å². The Balaban J connectivity index is 1.69. The molecule has 3 aliphatic carbocycles.